The number of amides is 2. The quantitative estimate of drug-likeness (QED) is 0.428. The van der Waals surface area contributed by atoms with E-state index in [0.29, 0.717) is 24.7 Å². The molecule has 3 N–H and O–H groups in total. The van der Waals surface area contributed by atoms with E-state index >= 15 is 0 Å². The molecule has 11 heteroatoms. The summed E-state index contributed by atoms with van der Waals surface area (Å²) in [6.45, 7) is 3.70. The topological polar surface area (TPSA) is 106 Å². The first-order chi connectivity index (χ1) is 16.1. The second kappa shape index (κ2) is 12.7. The number of benzene rings is 2. The van der Waals surface area contributed by atoms with Gasteiger partial charge in [-0.1, -0.05) is 0 Å². The van der Waals surface area contributed by atoms with Gasteiger partial charge in [0.1, 0.15) is 18.5 Å². The Bertz CT molecular complexity index is 951. The van der Waals surface area contributed by atoms with Gasteiger partial charge >= 0.3 is 6.18 Å². The average molecular weight is 484 g/mol. The molecule has 2 amide bonds. The van der Waals surface area contributed by atoms with Crippen LogP contribution in [0.1, 0.15) is 29.8 Å². The Hall–Kier alpha value is -3.47. The van der Waals surface area contributed by atoms with Crippen LogP contribution >= 0.6 is 0 Å². The van der Waals surface area contributed by atoms with Crippen molar-refractivity contribution in [2.45, 2.75) is 26.1 Å². The predicted octanol–water partition coefficient (Wildman–Crippen LogP) is 2.79. The molecule has 0 aromatic heterocycles. The maximum absolute atomic E-state index is 12.6. The summed E-state index contributed by atoms with van der Waals surface area (Å²) in [5.74, 6) is 0.0272. The molecule has 0 heterocycles. The molecule has 0 saturated carbocycles. The normalized spacial score (nSPS) is 11.9. The molecule has 0 aliphatic rings. The molecule has 0 saturated heterocycles. The molecule has 0 radical (unpaired) electrons. The van der Waals surface area contributed by atoms with Crippen molar-refractivity contribution in [3.63, 3.8) is 0 Å². The Morgan fingerprint density at radius 2 is 1.59 bits per heavy atom. The number of rotatable bonds is 12. The van der Waals surface area contributed by atoms with Crippen LogP contribution < -0.4 is 24.8 Å². The van der Waals surface area contributed by atoms with Gasteiger partial charge < -0.3 is 30.0 Å². The number of aliphatic hydroxyl groups is 1. The fraction of sp³-hybridized carbons (Fsp3) is 0.391. The highest BCUT2D eigenvalue weighted by atomic mass is 19.4. The minimum Gasteiger partial charge on any atom is -0.491 e. The average Bonchev–Trinajstić information content (AvgIpc) is 2.81. The van der Waals surface area contributed by atoms with Crippen molar-refractivity contribution in [3.05, 3.63) is 53.6 Å². The van der Waals surface area contributed by atoms with Crippen LogP contribution in [0.15, 0.2) is 42.5 Å². The fourth-order valence-corrected chi connectivity index (χ4v) is 2.74. The third-order valence-corrected chi connectivity index (χ3v) is 4.37. The van der Waals surface area contributed by atoms with Gasteiger partial charge in [0.05, 0.1) is 25.3 Å². The molecule has 0 fully saturated rings. The van der Waals surface area contributed by atoms with Crippen LogP contribution in [0.3, 0.4) is 0 Å². The van der Waals surface area contributed by atoms with E-state index in [9.17, 15) is 27.9 Å². The monoisotopic (exact) mass is 484 g/mol. The highest BCUT2D eigenvalue weighted by Gasteiger charge is 2.30. The summed E-state index contributed by atoms with van der Waals surface area (Å²) in [6.07, 6.45) is -5.56. The van der Waals surface area contributed by atoms with Gasteiger partial charge in [0.25, 0.3) is 5.91 Å². The third kappa shape index (κ3) is 8.47. The zero-order valence-corrected chi connectivity index (χ0v) is 18.8. The first kappa shape index (κ1) is 26.8. The Morgan fingerprint density at radius 3 is 2.21 bits per heavy atom. The van der Waals surface area contributed by atoms with Crippen molar-refractivity contribution in [1.29, 1.82) is 0 Å². The van der Waals surface area contributed by atoms with E-state index in [2.05, 4.69) is 10.6 Å². The highest BCUT2D eigenvalue weighted by molar-refractivity contribution is 5.97. The zero-order chi connectivity index (χ0) is 25.1. The van der Waals surface area contributed by atoms with Crippen molar-refractivity contribution >= 4 is 11.8 Å². The van der Waals surface area contributed by atoms with E-state index in [4.69, 9.17) is 14.2 Å². The molecule has 0 bridgehead atoms. The van der Waals surface area contributed by atoms with Crippen molar-refractivity contribution in [2.24, 2.45) is 0 Å². The molecule has 1 unspecified atom stereocenters. The van der Waals surface area contributed by atoms with Crippen LogP contribution in [0, 0.1) is 0 Å². The first-order valence-corrected chi connectivity index (χ1v) is 10.6. The Kier molecular flexibility index (Phi) is 9.99. The molecule has 0 aliphatic heterocycles. The number of aliphatic hydroxyl groups excluding tert-OH is 1. The number of carbonyl (C=O) groups is 2. The van der Waals surface area contributed by atoms with Crippen LogP contribution in [0.4, 0.5) is 13.2 Å². The minimum atomic E-state index is -4.45. The van der Waals surface area contributed by atoms with E-state index in [-0.39, 0.29) is 31.0 Å². The van der Waals surface area contributed by atoms with Crippen molar-refractivity contribution in [1.82, 2.24) is 10.6 Å². The lowest BCUT2D eigenvalue weighted by Crippen LogP contribution is -2.41. The maximum atomic E-state index is 12.6. The second-order valence-electron chi connectivity index (χ2n) is 7.00. The number of ether oxygens (including phenoxy) is 3. The van der Waals surface area contributed by atoms with Crippen molar-refractivity contribution in [3.8, 4) is 17.2 Å². The minimum absolute atomic E-state index is 0.146. The molecule has 186 valence electrons. The van der Waals surface area contributed by atoms with Gasteiger partial charge in [-0.25, -0.2) is 0 Å². The van der Waals surface area contributed by atoms with Gasteiger partial charge in [-0.15, -0.1) is 0 Å². The fourth-order valence-electron chi connectivity index (χ4n) is 2.74. The smallest absolute Gasteiger partial charge is 0.416 e. The highest BCUT2D eigenvalue weighted by Crippen LogP contribution is 2.30. The Morgan fingerprint density at radius 1 is 0.941 bits per heavy atom. The number of alkyl halides is 3. The molecule has 8 nitrogen and oxygen atoms in total. The molecule has 1 atom stereocenters. The molecular formula is C23H27F3N2O6. The molecule has 2 aromatic rings. The van der Waals surface area contributed by atoms with Gasteiger partial charge in [0.2, 0.25) is 5.91 Å². The van der Waals surface area contributed by atoms with Gasteiger partial charge in [-0.05, 0) is 56.3 Å². The number of hydrogen-bond acceptors (Lipinski definition) is 6. The summed E-state index contributed by atoms with van der Waals surface area (Å²) in [5, 5.41) is 14.8. The molecule has 34 heavy (non-hydrogen) atoms. The summed E-state index contributed by atoms with van der Waals surface area (Å²) in [6, 6.07) is 8.69. The first-order valence-electron chi connectivity index (χ1n) is 10.6. The lowest BCUT2D eigenvalue weighted by molar-refractivity contribution is -0.137. The summed E-state index contributed by atoms with van der Waals surface area (Å²) in [7, 11) is 0. The SMILES string of the molecule is CCOc1ccc(C(=O)NCC(=O)NCC(O)COc2ccc(C(F)(F)F)cc2)cc1OCC. The van der Waals surface area contributed by atoms with Crippen LogP contribution in [0.2, 0.25) is 0 Å². The molecule has 0 aliphatic carbocycles. The van der Waals surface area contributed by atoms with Crippen molar-refractivity contribution in [2.75, 3.05) is 32.9 Å². The van der Waals surface area contributed by atoms with Crippen LogP contribution in [-0.2, 0) is 11.0 Å². The Labute approximate surface area is 195 Å². The Balaban J connectivity index is 1.75. The van der Waals surface area contributed by atoms with Crippen LogP contribution in [-0.4, -0.2) is 55.9 Å². The standard InChI is InChI=1S/C23H27F3N2O6/c1-3-32-19-10-5-15(11-20(19)33-4-2)22(31)28-13-21(30)27-12-17(29)14-34-18-8-6-16(7-9-18)23(24,25)26/h5-11,17,29H,3-4,12-14H2,1-2H3,(H,27,30)(H,28,31). The van der Waals surface area contributed by atoms with E-state index in [0.717, 1.165) is 24.3 Å². The van der Waals surface area contributed by atoms with Crippen LogP contribution in [0.25, 0.3) is 0 Å². The summed E-state index contributed by atoms with van der Waals surface area (Å²) >= 11 is 0. The third-order valence-electron chi connectivity index (χ3n) is 4.37. The van der Waals surface area contributed by atoms with E-state index in [1.54, 1.807) is 19.1 Å². The van der Waals surface area contributed by atoms with E-state index in [1.165, 1.54) is 6.07 Å². The lowest BCUT2D eigenvalue weighted by Gasteiger charge is -2.14. The number of halogens is 3. The van der Waals surface area contributed by atoms with Gasteiger partial charge in [0.15, 0.2) is 11.5 Å². The largest absolute Gasteiger partial charge is 0.491 e. The summed E-state index contributed by atoms with van der Waals surface area (Å²) < 4.78 is 53.8. The van der Waals surface area contributed by atoms with E-state index < -0.39 is 29.7 Å². The number of carbonyl (C=O) groups excluding carboxylic acids is 2. The molecular weight excluding hydrogens is 457 g/mol. The molecule has 2 aromatic carbocycles. The summed E-state index contributed by atoms with van der Waals surface area (Å²) in [5.41, 5.74) is -0.529. The van der Waals surface area contributed by atoms with Crippen LogP contribution in [0.5, 0.6) is 17.2 Å². The number of nitrogens with one attached hydrogen (secondary N) is 2. The lowest BCUT2D eigenvalue weighted by atomic mass is 10.2. The summed E-state index contributed by atoms with van der Waals surface area (Å²) in [4.78, 5) is 24.3. The van der Waals surface area contributed by atoms with Gasteiger partial charge in [0, 0.05) is 12.1 Å². The number of hydrogen-bond donors (Lipinski definition) is 3. The maximum Gasteiger partial charge on any atom is 0.416 e. The van der Waals surface area contributed by atoms with Gasteiger partial charge in [-0.3, -0.25) is 9.59 Å². The second-order valence-corrected chi connectivity index (χ2v) is 7.00. The molecule has 2 rings (SSSR count). The zero-order valence-electron chi connectivity index (χ0n) is 18.8. The van der Waals surface area contributed by atoms with Crippen molar-refractivity contribution < 1.29 is 42.1 Å². The van der Waals surface area contributed by atoms with E-state index in [1.807, 2.05) is 6.92 Å². The van der Waals surface area contributed by atoms with Gasteiger partial charge in [-0.2, -0.15) is 13.2 Å². The predicted molar refractivity (Wildman–Crippen MR) is 117 cm³/mol. The molecule has 0 spiro atoms.